The molecule has 2 aromatic rings. The third-order valence-electron chi connectivity index (χ3n) is 2.24. The first-order valence-corrected chi connectivity index (χ1v) is 5.88. The number of nitrogen functional groups attached to an aromatic ring is 2. The van der Waals surface area contributed by atoms with E-state index in [0.29, 0.717) is 16.5 Å². The molecule has 5 N–H and O–H groups in total. The topological polar surface area (TPSA) is 106 Å². The maximum absolute atomic E-state index is 11.2. The van der Waals surface area contributed by atoms with Gasteiger partial charge < -0.3 is 11.5 Å². The van der Waals surface area contributed by atoms with Crippen LogP contribution in [0.15, 0.2) is 35.2 Å². The van der Waals surface area contributed by atoms with Gasteiger partial charge in [0.1, 0.15) is 4.90 Å². The quantitative estimate of drug-likeness (QED) is 0.512. The molecule has 0 aliphatic heterocycles. The molecule has 16 heavy (non-hydrogen) atoms. The number of fused-ring (bicyclic) bond motifs is 1. The molecule has 0 heterocycles. The van der Waals surface area contributed by atoms with Crippen molar-refractivity contribution in [2.45, 2.75) is 4.90 Å². The number of anilines is 2. The lowest BCUT2D eigenvalue weighted by Gasteiger charge is -2.06. The monoisotopic (exact) mass is 238 g/mol. The molecule has 5 nitrogen and oxygen atoms in total. The zero-order chi connectivity index (χ0) is 11.9. The van der Waals surface area contributed by atoms with E-state index in [1.165, 1.54) is 12.1 Å². The van der Waals surface area contributed by atoms with Crippen molar-refractivity contribution in [2.75, 3.05) is 11.5 Å². The van der Waals surface area contributed by atoms with Crippen LogP contribution in [0.4, 0.5) is 11.4 Å². The molecule has 0 atom stereocenters. The van der Waals surface area contributed by atoms with Gasteiger partial charge in [0.2, 0.25) is 0 Å². The minimum absolute atomic E-state index is 0.227. The normalized spacial score (nSPS) is 11.8. The van der Waals surface area contributed by atoms with Crippen molar-refractivity contribution in [2.24, 2.45) is 0 Å². The largest absolute Gasteiger partial charge is 0.399 e. The van der Waals surface area contributed by atoms with Crippen molar-refractivity contribution < 1.29 is 13.0 Å². The lowest BCUT2D eigenvalue weighted by atomic mass is 10.1. The van der Waals surface area contributed by atoms with Crippen molar-refractivity contribution in [1.29, 1.82) is 0 Å². The summed E-state index contributed by atoms with van der Waals surface area (Å²) in [7, 11) is -4.30. The predicted molar refractivity (Wildman–Crippen MR) is 62.6 cm³/mol. The van der Waals surface area contributed by atoms with Crippen LogP contribution in [0.1, 0.15) is 0 Å². The lowest BCUT2D eigenvalue weighted by Crippen LogP contribution is -2.01. The summed E-state index contributed by atoms with van der Waals surface area (Å²) in [5, 5.41) is 0.971. The van der Waals surface area contributed by atoms with Gasteiger partial charge in [-0.15, -0.1) is 0 Å². The average molecular weight is 238 g/mol. The summed E-state index contributed by atoms with van der Waals surface area (Å²) >= 11 is 0. The Morgan fingerprint density at radius 3 is 2.31 bits per heavy atom. The highest BCUT2D eigenvalue weighted by Crippen LogP contribution is 2.27. The molecule has 0 aliphatic carbocycles. The van der Waals surface area contributed by atoms with Gasteiger partial charge in [-0.3, -0.25) is 4.55 Å². The molecule has 0 unspecified atom stereocenters. The van der Waals surface area contributed by atoms with E-state index in [1.807, 2.05) is 0 Å². The third kappa shape index (κ3) is 1.80. The fraction of sp³-hybridized carbons (Fsp3) is 0. The molecule has 0 aromatic heterocycles. The summed E-state index contributed by atoms with van der Waals surface area (Å²) in [5.41, 5.74) is 11.8. The van der Waals surface area contributed by atoms with Crippen LogP contribution in [-0.2, 0) is 10.1 Å². The highest BCUT2D eigenvalue weighted by molar-refractivity contribution is 7.86. The molecule has 0 amide bonds. The Kier molecular flexibility index (Phi) is 2.25. The van der Waals surface area contributed by atoms with Crippen LogP contribution < -0.4 is 11.5 Å². The molecule has 0 spiro atoms. The highest BCUT2D eigenvalue weighted by atomic mass is 32.2. The van der Waals surface area contributed by atoms with E-state index in [-0.39, 0.29) is 10.6 Å². The summed E-state index contributed by atoms with van der Waals surface area (Å²) in [6.07, 6.45) is 0. The molecule has 6 heteroatoms. The molecule has 0 saturated carbocycles. The van der Waals surface area contributed by atoms with Crippen molar-refractivity contribution in [3.8, 4) is 0 Å². The molecule has 0 radical (unpaired) electrons. The van der Waals surface area contributed by atoms with E-state index >= 15 is 0 Å². The number of rotatable bonds is 1. The van der Waals surface area contributed by atoms with Crippen molar-refractivity contribution >= 4 is 32.3 Å². The van der Waals surface area contributed by atoms with Gasteiger partial charge in [0.25, 0.3) is 10.1 Å². The van der Waals surface area contributed by atoms with Gasteiger partial charge in [0, 0.05) is 16.8 Å². The first kappa shape index (κ1) is 10.7. The average Bonchev–Trinajstić information content (AvgIpc) is 2.16. The highest BCUT2D eigenvalue weighted by Gasteiger charge is 2.14. The smallest absolute Gasteiger partial charge is 0.295 e. The molecule has 84 valence electrons. The molecule has 0 aliphatic rings. The van der Waals surface area contributed by atoms with E-state index in [2.05, 4.69) is 0 Å². The molecule has 2 aromatic carbocycles. The Labute approximate surface area is 92.4 Å². The Balaban J connectivity index is 2.96. The molecular formula is C10H10N2O3S. The molecular weight excluding hydrogens is 228 g/mol. The zero-order valence-electron chi connectivity index (χ0n) is 8.21. The third-order valence-corrected chi connectivity index (χ3v) is 3.13. The predicted octanol–water partition coefficient (Wildman–Crippen LogP) is 1.25. The first-order chi connectivity index (χ1) is 7.38. The molecule has 0 fully saturated rings. The van der Waals surface area contributed by atoms with E-state index < -0.39 is 10.1 Å². The number of benzene rings is 2. The summed E-state index contributed by atoms with van der Waals surface area (Å²) in [5.74, 6) is 0. The number of hydrogen-bond acceptors (Lipinski definition) is 4. The lowest BCUT2D eigenvalue weighted by molar-refractivity contribution is 0.484. The van der Waals surface area contributed by atoms with Gasteiger partial charge in [-0.05, 0) is 29.7 Å². The summed E-state index contributed by atoms with van der Waals surface area (Å²) in [4.78, 5) is -0.227. The maximum atomic E-state index is 11.2. The van der Waals surface area contributed by atoms with Crippen molar-refractivity contribution in [1.82, 2.24) is 0 Å². The van der Waals surface area contributed by atoms with Crippen LogP contribution in [0.5, 0.6) is 0 Å². The van der Waals surface area contributed by atoms with Crippen LogP contribution in [0.25, 0.3) is 10.8 Å². The summed E-state index contributed by atoms with van der Waals surface area (Å²) in [6.45, 7) is 0. The first-order valence-electron chi connectivity index (χ1n) is 4.44. The van der Waals surface area contributed by atoms with Gasteiger partial charge in [0.15, 0.2) is 0 Å². The van der Waals surface area contributed by atoms with Gasteiger partial charge in [-0.25, -0.2) is 0 Å². The van der Waals surface area contributed by atoms with E-state index in [1.54, 1.807) is 18.2 Å². The van der Waals surface area contributed by atoms with Crippen molar-refractivity contribution in [3.63, 3.8) is 0 Å². The standard InChI is InChI=1S/C10H10N2O3S/c11-7-2-1-6-3-8(12)5-10(9(6)4-7)16(13,14)15/h1-5H,11-12H2,(H,13,14,15). The van der Waals surface area contributed by atoms with E-state index in [9.17, 15) is 8.42 Å². The molecule has 0 saturated heterocycles. The van der Waals surface area contributed by atoms with Crippen LogP contribution >= 0.6 is 0 Å². The fourth-order valence-electron chi connectivity index (χ4n) is 1.58. The Morgan fingerprint density at radius 2 is 1.69 bits per heavy atom. The Bertz CT molecular complexity index is 665. The van der Waals surface area contributed by atoms with Crippen molar-refractivity contribution in [3.05, 3.63) is 30.3 Å². The molecule has 2 rings (SSSR count). The zero-order valence-corrected chi connectivity index (χ0v) is 9.03. The number of hydrogen-bond donors (Lipinski definition) is 3. The minimum atomic E-state index is -4.30. The Morgan fingerprint density at radius 1 is 1.00 bits per heavy atom. The van der Waals surface area contributed by atoms with Crippen LogP contribution in [0.3, 0.4) is 0 Å². The summed E-state index contributed by atoms with van der Waals surface area (Å²) < 4.78 is 31.4. The maximum Gasteiger partial charge on any atom is 0.295 e. The van der Waals surface area contributed by atoms with Gasteiger partial charge in [-0.2, -0.15) is 8.42 Å². The van der Waals surface area contributed by atoms with Crippen LogP contribution in [0, 0.1) is 0 Å². The SMILES string of the molecule is Nc1cc(S(=O)(=O)O)c2cc(N)ccc2c1. The molecule has 0 bridgehead atoms. The fourth-order valence-corrected chi connectivity index (χ4v) is 2.32. The van der Waals surface area contributed by atoms with Crippen LogP contribution in [0.2, 0.25) is 0 Å². The van der Waals surface area contributed by atoms with E-state index in [0.717, 1.165) is 0 Å². The second-order valence-electron chi connectivity index (χ2n) is 3.47. The second kappa shape index (κ2) is 3.36. The minimum Gasteiger partial charge on any atom is -0.399 e. The second-order valence-corrected chi connectivity index (χ2v) is 4.86. The van der Waals surface area contributed by atoms with Gasteiger partial charge >= 0.3 is 0 Å². The van der Waals surface area contributed by atoms with E-state index in [4.69, 9.17) is 16.0 Å². The summed E-state index contributed by atoms with van der Waals surface area (Å²) in [6, 6.07) is 7.59. The number of nitrogens with two attached hydrogens (primary N) is 2. The van der Waals surface area contributed by atoms with Gasteiger partial charge in [0.05, 0.1) is 0 Å². The Hall–Kier alpha value is -1.79. The van der Waals surface area contributed by atoms with Gasteiger partial charge in [-0.1, -0.05) is 6.07 Å². The van der Waals surface area contributed by atoms with Crippen LogP contribution in [-0.4, -0.2) is 13.0 Å².